The summed E-state index contributed by atoms with van der Waals surface area (Å²) in [6.07, 6.45) is -0.221. The number of aromatic nitrogens is 2. The molecular formula is C34H38F2N6O5. The van der Waals surface area contributed by atoms with E-state index in [0.29, 0.717) is 23.5 Å². The number of hydrogen-bond donors (Lipinski definition) is 2. The number of carbonyl (C=O) groups excluding carboxylic acids is 1. The van der Waals surface area contributed by atoms with Gasteiger partial charge in [-0.3, -0.25) is 4.79 Å². The van der Waals surface area contributed by atoms with Crippen molar-refractivity contribution in [3.05, 3.63) is 101 Å². The average Bonchev–Trinajstić information content (AvgIpc) is 3.07. The van der Waals surface area contributed by atoms with Gasteiger partial charge in [0.25, 0.3) is 5.91 Å². The number of ether oxygens (including phenoxy) is 2. The minimum atomic E-state index is -1.58. The van der Waals surface area contributed by atoms with Gasteiger partial charge in [0, 0.05) is 43.1 Å². The molecule has 1 heterocycles. The van der Waals surface area contributed by atoms with Gasteiger partial charge in [-0.2, -0.15) is 4.98 Å². The number of carboxylic acid groups (broad SMARTS) is 1. The van der Waals surface area contributed by atoms with E-state index >= 15 is 8.78 Å². The van der Waals surface area contributed by atoms with Crippen LogP contribution in [0.4, 0.5) is 31.0 Å². The second-order valence-electron chi connectivity index (χ2n) is 10.5. The molecule has 248 valence electrons. The zero-order valence-corrected chi connectivity index (χ0v) is 26.9. The van der Waals surface area contributed by atoms with Crippen LogP contribution in [0.5, 0.6) is 11.5 Å². The monoisotopic (exact) mass is 648 g/mol. The Labute approximate surface area is 272 Å². The summed E-state index contributed by atoms with van der Waals surface area (Å²) < 4.78 is 41.5. The van der Waals surface area contributed by atoms with Crippen LogP contribution in [0.2, 0.25) is 0 Å². The Kier molecular flexibility index (Phi) is 11.6. The number of halogens is 2. The largest absolute Gasteiger partial charge is 0.497 e. The Morgan fingerprint density at radius 2 is 1.62 bits per heavy atom. The first kappa shape index (κ1) is 34.6. The van der Waals surface area contributed by atoms with Crippen LogP contribution in [-0.2, 0) is 0 Å². The van der Waals surface area contributed by atoms with Crippen LogP contribution in [0.15, 0.2) is 72.9 Å². The summed E-state index contributed by atoms with van der Waals surface area (Å²) in [4.78, 5) is 39.1. The molecule has 0 fully saturated rings. The zero-order chi connectivity index (χ0) is 34.1. The smallest absolute Gasteiger partial charge is 0.413 e. The van der Waals surface area contributed by atoms with E-state index in [4.69, 9.17) is 9.47 Å². The van der Waals surface area contributed by atoms with E-state index in [-0.39, 0.29) is 29.0 Å². The lowest BCUT2D eigenvalue weighted by Gasteiger charge is -2.31. The number of anilines is 3. The van der Waals surface area contributed by atoms with E-state index < -0.39 is 29.3 Å². The highest BCUT2D eigenvalue weighted by Gasteiger charge is 2.36. The van der Waals surface area contributed by atoms with Crippen molar-refractivity contribution in [3.63, 3.8) is 0 Å². The molecule has 0 radical (unpaired) electrons. The third-order valence-electron chi connectivity index (χ3n) is 7.74. The van der Waals surface area contributed by atoms with Crippen molar-refractivity contribution >= 4 is 29.5 Å². The van der Waals surface area contributed by atoms with Gasteiger partial charge in [-0.1, -0.05) is 19.9 Å². The average molecular weight is 649 g/mol. The van der Waals surface area contributed by atoms with E-state index in [1.54, 1.807) is 42.3 Å². The third-order valence-corrected chi connectivity index (χ3v) is 7.74. The van der Waals surface area contributed by atoms with Crippen LogP contribution in [0.3, 0.4) is 0 Å². The van der Waals surface area contributed by atoms with Crippen molar-refractivity contribution in [1.82, 2.24) is 19.8 Å². The molecule has 0 saturated heterocycles. The summed E-state index contributed by atoms with van der Waals surface area (Å²) in [6.45, 7) is 7.32. The van der Waals surface area contributed by atoms with Gasteiger partial charge in [0.2, 0.25) is 5.95 Å². The SMILES string of the molecule is CCN(CC)CCN(C)C(=O)c1ccc(Nc2nccc(N(C(=O)O)C(c3cc(OC)ccc3OC)c3c(F)cccc3F)n2)cc1. The Hall–Kier alpha value is -5.30. The minimum absolute atomic E-state index is 0.00882. The van der Waals surface area contributed by atoms with Crippen LogP contribution in [0.25, 0.3) is 0 Å². The molecule has 4 aromatic rings. The molecule has 13 heteroatoms. The number of hydrogen-bond acceptors (Lipinski definition) is 8. The number of likely N-dealkylation sites (N-methyl/N-ethyl adjacent to an activating group) is 2. The maximum atomic E-state index is 15.4. The Morgan fingerprint density at radius 1 is 0.936 bits per heavy atom. The van der Waals surface area contributed by atoms with Crippen LogP contribution < -0.4 is 19.7 Å². The normalized spacial score (nSPS) is 11.6. The van der Waals surface area contributed by atoms with Gasteiger partial charge < -0.3 is 29.7 Å². The van der Waals surface area contributed by atoms with E-state index in [0.717, 1.165) is 36.7 Å². The van der Waals surface area contributed by atoms with Gasteiger partial charge in [0.1, 0.15) is 35.0 Å². The van der Waals surface area contributed by atoms with Gasteiger partial charge in [0.15, 0.2) is 0 Å². The lowest BCUT2D eigenvalue weighted by atomic mass is 9.95. The molecule has 1 unspecified atom stereocenters. The summed E-state index contributed by atoms with van der Waals surface area (Å²) >= 11 is 0. The number of carbonyl (C=O) groups is 2. The number of methoxy groups -OCH3 is 2. The summed E-state index contributed by atoms with van der Waals surface area (Å²) in [6, 6.07) is 14.2. The second-order valence-corrected chi connectivity index (χ2v) is 10.5. The predicted octanol–water partition coefficient (Wildman–Crippen LogP) is 6.20. The van der Waals surface area contributed by atoms with Crippen LogP contribution in [0, 0.1) is 11.6 Å². The number of benzene rings is 3. The quantitative estimate of drug-likeness (QED) is 0.165. The number of nitrogens with zero attached hydrogens (tertiary/aromatic N) is 5. The predicted molar refractivity (Wildman–Crippen MR) is 175 cm³/mol. The lowest BCUT2D eigenvalue weighted by molar-refractivity contribution is 0.0779. The number of amides is 2. The van der Waals surface area contributed by atoms with E-state index in [9.17, 15) is 14.7 Å². The molecule has 4 rings (SSSR count). The van der Waals surface area contributed by atoms with Crippen molar-refractivity contribution < 1.29 is 33.0 Å². The lowest BCUT2D eigenvalue weighted by Crippen LogP contribution is -2.36. The van der Waals surface area contributed by atoms with Gasteiger partial charge in [0.05, 0.1) is 19.8 Å². The van der Waals surface area contributed by atoms with Gasteiger partial charge in [-0.15, -0.1) is 0 Å². The summed E-state index contributed by atoms with van der Waals surface area (Å²) in [7, 11) is 4.53. The van der Waals surface area contributed by atoms with Crippen molar-refractivity contribution in [1.29, 1.82) is 0 Å². The zero-order valence-electron chi connectivity index (χ0n) is 26.9. The van der Waals surface area contributed by atoms with Crippen molar-refractivity contribution in [2.45, 2.75) is 19.9 Å². The highest BCUT2D eigenvalue weighted by Crippen LogP contribution is 2.41. The minimum Gasteiger partial charge on any atom is -0.497 e. The molecule has 1 aromatic heterocycles. The van der Waals surface area contributed by atoms with Gasteiger partial charge in [-0.05, 0) is 73.8 Å². The Balaban J connectivity index is 1.67. The summed E-state index contributed by atoms with van der Waals surface area (Å²) in [5, 5.41) is 13.5. The van der Waals surface area contributed by atoms with E-state index in [1.807, 2.05) is 0 Å². The molecule has 0 bridgehead atoms. The molecule has 0 aliphatic carbocycles. The molecule has 0 spiro atoms. The standard InChI is InChI=1S/C34H38F2N6O5/c1-6-41(7-2)20-19-40(3)32(43)22-11-13-23(14-12-22)38-33-37-18-17-29(39-33)42(34(44)45)31(30-26(35)9-8-10-27(30)36)25-21-24(46-4)15-16-28(25)47-5/h8-18,21,31H,6-7,19-20H2,1-5H3,(H,44,45)(H,37,38,39). The number of rotatable bonds is 14. The maximum absolute atomic E-state index is 15.4. The summed E-state index contributed by atoms with van der Waals surface area (Å²) in [5.74, 6) is -1.73. The van der Waals surface area contributed by atoms with Crippen molar-refractivity contribution in [3.8, 4) is 11.5 Å². The fourth-order valence-electron chi connectivity index (χ4n) is 5.11. The van der Waals surface area contributed by atoms with Crippen LogP contribution >= 0.6 is 0 Å². The maximum Gasteiger partial charge on any atom is 0.413 e. The van der Waals surface area contributed by atoms with Crippen LogP contribution in [-0.4, -0.2) is 84.3 Å². The van der Waals surface area contributed by atoms with E-state index in [1.165, 1.54) is 44.7 Å². The molecule has 0 saturated carbocycles. The summed E-state index contributed by atoms with van der Waals surface area (Å²) in [5.41, 5.74) is 0.606. The van der Waals surface area contributed by atoms with Gasteiger partial charge in [-0.25, -0.2) is 23.5 Å². The molecule has 2 N–H and O–H groups in total. The third kappa shape index (κ3) is 8.11. The van der Waals surface area contributed by atoms with Crippen molar-refractivity contribution in [2.75, 3.05) is 57.7 Å². The first-order valence-electron chi connectivity index (χ1n) is 15.0. The molecule has 3 aromatic carbocycles. The first-order valence-corrected chi connectivity index (χ1v) is 15.0. The topological polar surface area (TPSA) is 120 Å². The van der Waals surface area contributed by atoms with Gasteiger partial charge >= 0.3 is 6.09 Å². The molecular weight excluding hydrogens is 610 g/mol. The fourth-order valence-corrected chi connectivity index (χ4v) is 5.11. The second kappa shape index (κ2) is 15.8. The molecule has 0 aliphatic rings. The molecule has 1 atom stereocenters. The molecule has 47 heavy (non-hydrogen) atoms. The van der Waals surface area contributed by atoms with Crippen molar-refractivity contribution in [2.24, 2.45) is 0 Å². The highest BCUT2D eigenvalue weighted by atomic mass is 19.1. The molecule has 11 nitrogen and oxygen atoms in total. The number of nitrogens with one attached hydrogen (secondary N) is 1. The van der Waals surface area contributed by atoms with Crippen LogP contribution in [0.1, 0.15) is 41.4 Å². The van der Waals surface area contributed by atoms with E-state index in [2.05, 4.69) is 34.0 Å². The first-order chi connectivity index (χ1) is 22.6. The molecule has 0 aliphatic heterocycles. The molecule has 2 amide bonds. The fraction of sp³-hybridized carbons (Fsp3) is 0.294. The highest BCUT2D eigenvalue weighted by molar-refractivity contribution is 5.94. The Morgan fingerprint density at radius 3 is 2.21 bits per heavy atom. The Bertz CT molecular complexity index is 1670.